The molecule has 2 fully saturated rings. The monoisotopic (exact) mass is 422 g/mol. The Morgan fingerprint density at radius 1 is 1.13 bits per heavy atom. The number of hydrogen-bond donors (Lipinski definition) is 1. The van der Waals surface area contributed by atoms with Gasteiger partial charge in [-0.05, 0) is 37.0 Å². The Bertz CT molecular complexity index is 1000. The van der Waals surface area contributed by atoms with Crippen molar-refractivity contribution in [1.82, 2.24) is 9.88 Å². The van der Waals surface area contributed by atoms with E-state index in [4.69, 9.17) is 4.42 Å². The fourth-order valence-electron chi connectivity index (χ4n) is 5.20. The van der Waals surface area contributed by atoms with Crippen LogP contribution in [0.5, 0.6) is 0 Å². The Kier molecular flexibility index (Phi) is 5.29. The molecule has 1 N–H and O–H groups in total. The van der Waals surface area contributed by atoms with Crippen molar-refractivity contribution in [2.45, 2.75) is 49.0 Å². The second-order valence-electron chi connectivity index (χ2n) is 8.32. The van der Waals surface area contributed by atoms with Gasteiger partial charge in [0.1, 0.15) is 5.52 Å². The molecule has 156 valence electrons. The van der Waals surface area contributed by atoms with Crippen molar-refractivity contribution in [3.8, 4) is 0 Å². The molecule has 1 amide bonds. The number of piperidine rings is 1. The van der Waals surface area contributed by atoms with Crippen LogP contribution < -0.4 is 0 Å². The average Bonchev–Trinajstić information content (AvgIpc) is 3.22. The Balaban J connectivity index is 1.31. The largest absolute Gasteiger partial charge is 0.431 e. The van der Waals surface area contributed by atoms with Crippen molar-refractivity contribution in [2.75, 3.05) is 12.3 Å². The second-order valence-corrected chi connectivity index (χ2v) is 9.25. The van der Waals surface area contributed by atoms with E-state index in [-0.39, 0.29) is 17.9 Å². The Hall–Kier alpha value is -2.31. The molecule has 1 saturated heterocycles. The highest BCUT2D eigenvalue weighted by Crippen LogP contribution is 2.47. The van der Waals surface area contributed by atoms with Gasteiger partial charge in [0.05, 0.1) is 11.4 Å². The number of aliphatic hydroxyl groups is 1. The fraction of sp³-hybridized carbons (Fsp3) is 0.417. The molecule has 6 heteroatoms. The first-order valence-corrected chi connectivity index (χ1v) is 11.7. The van der Waals surface area contributed by atoms with Gasteiger partial charge in [-0.25, -0.2) is 4.98 Å². The van der Waals surface area contributed by atoms with E-state index in [0.29, 0.717) is 23.9 Å². The first-order valence-electron chi connectivity index (χ1n) is 10.7. The summed E-state index contributed by atoms with van der Waals surface area (Å²) in [5.41, 5.74) is 1.68. The van der Waals surface area contributed by atoms with E-state index in [2.05, 4.69) is 4.98 Å². The summed E-state index contributed by atoms with van der Waals surface area (Å²) in [6.45, 7) is 0.583. The molecule has 5 nitrogen and oxygen atoms in total. The number of para-hydroxylation sites is 2. The summed E-state index contributed by atoms with van der Waals surface area (Å²) in [6, 6.07) is 17.7. The van der Waals surface area contributed by atoms with Crippen LogP contribution in [0.2, 0.25) is 0 Å². The van der Waals surface area contributed by atoms with E-state index >= 15 is 0 Å². The van der Waals surface area contributed by atoms with Gasteiger partial charge in [-0.1, -0.05) is 67.1 Å². The normalized spacial score (nSPS) is 26.5. The van der Waals surface area contributed by atoms with Crippen molar-refractivity contribution in [3.63, 3.8) is 0 Å². The number of benzene rings is 2. The van der Waals surface area contributed by atoms with Crippen LogP contribution in [-0.2, 0) is 10.4 Å². The molecule has 3 unspecified atom stereocenters. The van der Waals surface area contributed by atoms with Crippen molar-refractivity contribution in [3.05, 3.63) is 60.2 Å². The standard InChI is InChI=1S/C24H26N2O3S/c27-22(16-30-23-25-19-11-5-7-13-21(19)29-23)26-15-14-24(28,17-8-2-1-3-9-17)18-10-4-6-12-20(18)26/h1-3,5,7-9,11,13,18,20,28H,4,6,10,12,14-16H2. The average molecular weight is 423 g/mol. The lowest BCUT2D eigenvalue weighted by molar-refractivity contribution is -0.152. The smallest absolute Gasteiger partial charge is 0.257 e. The first kappa shape index (κ1) is 19.6. The van der Waals surface area contributed by atoms with Gasteiger partial charge in [0.2, 0.25) is 5.91 Å². The van der Waals surface area contributed by atoms with Crippen molar-refractivity contribution in [1.29, 1.82) is 0 Å². The van der Waals surface area contributed by atoms with Gasteiger partial charge < -0.3 is 14.4 Å². The number of nitrogens with zero attached hydrogens (tertiary/aromatic N) is 2. The van der Waals surface area contributed by atoms with E-state index < -0.39 is 5.60 Å². The minimum Gasteiger partial charge on any atom is -0.431 e. The van der Waals surface area contributed by atoms with Crippen LogP contribution in [0.1, 0.15) is 37.7 Å². The SMILES string of the molecule is O=C(CSc1nc2ccccc2o1)N1CCC(O)(c2ccccc2)C2CCCCC21. The van der Waals surface area contributed by atoms with Gasteiger partial charge >= 0.3 is 0 Å². The summed E-state index contributed by atoms with van der Waals surface area (Å²) in [5.74, 6) is 0.495. The lowest BCUT2D eigenvalue weighted by Crippen LogP contribution is -2.59. The Labute approximate surface area is 180 Å². The molecule has 2 heterocycles. The highest BCUT2D eigenvalue weighted by Gasteiger charge is 2.50. The molecule has 3 aromatic rings. The number of oxazole rings is 1. The van der Waals surface area contributed by atoms with Crippen LogP contribution >= 0.6 is 11.8 Å². The van der Waals surface area contributed by atoms with Crippen LogP contribution in [0.15, 0.2) is 64.2 Å². The number of likely N-dealkylation sites (tertiary alicyclic amines) is 1. The van der Waals surface area contributed by atoms with E-state index in [1.807, 2.05) is 59.5 Å². The minimum atomic E-state index is -0.851. The minimum absolute atomic E-state index is 0.0840. The van der Waals surface area contributed by atoms with Crippen LogP contribution in [0.4, 0.5) is 0 Å². The lowest BCUT2D eigenvalue weighted by Gasteiger charge is -2.52. The molecule has 0 radical (unpaired) electrons. The highest BCUT2D eigenvalue weighted by atomic mass is 32.2. The molecule has 3 atom stereocenters. The zero-order valence-corrected chi connectivity index (χ0v) is 17.7. The fourth-order valence-corrected chi connectivity index (χ4v) is 5.92. The molecule has 1 aromatic heterocycles. The van der Waals surface area contributed by atoms with Gasteiger partial charge in [-0.2, -0.15) is 0 Å². The first-order chi connectivity index (χ1) is 14.6. The van der Waals surface area contributed by atoms with Crippen LogP contribution in [0.25, 0.3) is 11.1 Å². The molecule has 2 aromatic carbocycles. The third kappa shape index (κ3) is 3.52. The summed E-state index contributed by atoms with van der Waals surface area (Å²) >= 11 is 1.35. The molecule has 5 rings (SSSR count). The maximum absolute atomic E-state index is 13.1. The second kappa shape index (κ2) is 8.08. The molecular weight excluding hydrogens is 396 g/mol. The van der Waals surface area contributed by atoms with Crippen molar-refractivity contribution >= 4 is 28.8 Å². The van der Waals surface area contributed by atoms with Crippen LogP contribution in [-0.4, -0.2) is 39.2 Å². The summed E-state index contributed by atoms with van der Waals surface area (Å²) in [4.78, 5) is 19.6. The molecule has 0 bridgehead atoms. The van der Waals surface area contributed by atoms with Crippen LogP contribution in [0, 0.1) is 5.92 Å². The molecule has 2 aliphatic rings. The number of carbonyl (C=O) groups is 1. The molecule has 1 aliphatic heterocycles. The number of amides is 1. The van der Waals surface area contributed by atoms with E-state index in [9.17, 15) is 9.90 Å². The Morgan fingerprint density at radius 2 is 1.90 bits per heavy atom. The number of carbonyl (C=O) groups excluding carboxylic acids is 1. The van der Waals surface area contributed by atoms with Gasteiger partial charge in [-0.15, -0.1) is 0 Å². The van der Waals surface area contributed by atoms with Crippen molar-refractivity contribution < 1.29 is 14.3 Å². The zero-order chi connectivity index (χ0) is 20.6. The van der Waals surface area contributed by atoms with Crippen LogP contribution in [0.3, 0.4) is 0 Å². The molecule has 1 aliphatic carbocycles. The molecule has 0 spiro atoms. The van der Waals surface area contributed by atoms with Gasteiger partial charge in [0.25, 0.3) is 5.22 Å². The highest BCUT2D eigenvalue weighted by molar-refractivity contribution is 7.99. The van der Waals surface area contributed by atoms with E-state index in [1.54, 1.807) is 0 Å². The zero-order valence-electron chi connectivity index (χ0n) is 16.9. The van der Waals surface area contributed by atoms with Gasteiger partial charge in [0, 0.05) is 18.5 Å². The topological polar surface area (TPSA) is 66.6 Å². The predicted molar refractivity (Wildman–Crippen MR) is 117 cm³/mol. The van der Waals surface area contributed by atoms with E-state index in [1.165, 1.54) is 11.8 Å². The Morgan fingerprint density at radius 3 is 2.73 bits per heavy atom. The number of hydrogen-bond acceptors (Lipinski definition) is 5. The molecular formula is C24H26N2O3S. The number of thioether (sulfide) groups is 1. The summed E-state index contributed by atoms with van der Waals surface area (Å²) in [7, 11) is 0. The van der Waals surface area contributed by atoms with E-state index in [0.717, 1.165) is 42.3 Å². The molecule has 30 heavy (non-hydrogen) atoms. The number of aromatic nitrogens is 1. The lowest BCUT2D eigenvalue weighted by atomic mass is 9.66. The number of rotatable bonds is 4. The number of fused-ring (bicyclic) bond motifs is 2. The maximum Gasteiger partial charge on any atom is 0.257 e. The third-order valence-electron chi connectivity index (χ3n) is 6.66. The molecule has 1 saturated carbocycles. The van der Waals surface area contributed by atoms with Gasteiger partial charge in [-0.3, -0.25) is 4.79 Å². The summed E-state index contributed by atoms with van der Waals surface area (Å²) < 4.78 is 5.74. The predicted octanol–water partition coefficient (Wildman–Crippen LogP) is 4.60. The third-order valence-corrected chi connectivity index (χ3v) is 7.48. The summed E-state index contributed by atoms with van der Waals surface area (Å²) in [6.07, 6.45) is 4.71. The quantitative estimate of drug-likeness (QED) is 0.623. The van der Waals surface area contributed by atoms with Crippen molar-refractivity contribution in [2.24, 2.45) is 5.92 Å². The maximum atomic E-state index is 13.1. The van der Waals surface area contributed by atoms with Gasteiger partial charge in [0.15, 0.2) is 5.58 Å². The summed E-state index contributed by atoms with van der Waals surface area (Å²) in [5, 5.41) is 12.2.